The van der Waals surface area contributed by atoms with E-state index in [4.69, 9.17) is 16.3 Å². The van der Waals surface area contributed by atoms with Gasteiger partial charge >= 0.3 is 0 Å². The molecular formula is C20H18ClN3O2S. The van der Waals surface area contributed by atoms with Gasteiger partial charge in [0.15, 0.2) is 0 Å². The molecule has 0 atom stereocenters. The van der Waals surface area contributed by atoms with E-state index in [-0.39, 0.29) is 5.91 Å². The Morgan fingerprint density at radius 1 is 1.11 bits per heavy atom. The van der Waals surface area contributed by atoms with Gasteiger partial charge in [-0.15, -0.1) is 11.3 Å². The van der Waals surface area contributed by atoms with Crippen LogP contribution in [0.3, 0.4) is 0 Å². The van der Waals surface area contributed by atoms with Crippen LogP contribution < -0.4 is 10.2 Å². The number of hydrogen-bond donors (Lipinski definition) is 1. The lowest BCUT2D eigenvalue weighted by Gasteiger charge is -2.30. The lowest BCUT2D eigenvalue weighted by molar-refractivity contribution is 0.102. The Kier molecular flexibility index (Phi) is 5.38. The van der Waals surface area contributed by atoms with Gasteiger partial charge in [-0.25, -0.2) is 4.98 Å². The minimum atomic E-state index is -0.216. The Labute approximate surface area is 166 Å². The summed E-state index contributed by atoms with van der Waals surface area (Å²) in [6.07, 6.45) is 0. The third-order valence-electron chi connectivity index (χ3n) is 4.33. The van der Waals surface area contributed by atoms with Crippen molar-refractivity contribution in [2.75, 3.05) is 36.5 Å². The molecule has 4 rings (SSSR count). The Balaban J connectivity index is 1.52. The number of aromatic nitrogens is 1. The number of benzene rings is 2. The molecule has 1 saturated heterocycles. The van der Waals surface area contributed by atoms with Crippen molar-refractivity contribution in [1.82, 2.24) is 4.98 Å². The number of halogens is 1. The first-order chi connectivity index (χ1) is 13.2. The summed E-state index contributed by atoms with van der Waals surface area (Å²) in [5.74, 6) is -0.216. The maximum atomic E-state index is 12.7. The van der Waals surface area contributed by atoms with Gasteiger partial charge < -0.3 is 15.0 Å². The number of carbonyl (C=O) groups excluding carboxylic acids is 1. The van der Waals surface area contributed by atoms with Crippen LogP contribution in [0.25, 0.3) is 10.6 Å². The van der Waals surface area contributed by atoms with Crippen LogP contribution in [0.15, 0.2) is 53.9 Å². The van der Waals surface area contributed by atoms with Crippen LogP contribution in [0.2, 0.25) is 5.02 Å². The van der Waals surface area contributed by atoms with Crippen molar-refractivity contribution in [3.05, 3.63) is 64.6 Å². The summed E-state index contributed by atoms with van der Waals surface area (Å²) in [6.45, 7) is 3.01. The number of hydrogen-bond acceptors (Lipinski definition) is 5. The zero-order valence-electron chi connectivity index (χ0n) is 14.5. The predicted octanol–water partition coefficient (Wildman–Crippen LogP) is 4.55. The van der Waals surface area contributed by atoms with Crippen LogP contribution in [0.4, 0.5) is 11.4 Å². The van der Waals surface area contributed by atoms with E-state index in [0.29, 0.717) is 23.9 Å². The molecule has 7 heteroatoms. The van der Waals surface area contributed by atoms with Crippen molar-refractivity contribution in [2.45, 2.75) is 0 Å². The molecule has 1 fully saturated rings. The summed E-state index contributed by atoms with van der Waals surface area (Å²) in [6, 6.07) is 15.2. The molecule has 2 aromatic carbocycles. The van der Waals surface area contributed by atoms with E-state index in [2.05, 4.69) is 15.2 Å². The summed E-state index contributed by atoms with van der Waals surface area (Å²) in [7, 11) is 0. The predicted molar refractivity (Wildman–Crippen MR) is 110 cm³/mol. The summed E-state index contributed by atoms with van der Waals surface area (Å²) < 4.78 is 5.42. The monoisotopic (exact) mass is 399 g/mol. The van der Waals surface area contributed by atoms with Crippen LogP contribution >= 0.6 is 22.9 Å². The van der Waals surface area contributed by atoms with Crippen molar-refractivity contribution >= 4 is 40.2 Å². The normalized spacial score (nSPS) is 14.2. The topological polar surface area (TPSA) is 54.5 Å². The number of ether oxygens (including phenoxy) is 1. The van der Waals surface area contributed by atoms with Crippen LogP contribution in [0.5, 0.6) is 0 Å². The van der Waals surface area contributed by atoms with Crippen molar-refractivity contribution in [3.8, 4) is 10.6 Å². The Morgan fingerprint density at radius 2 is 1.85 bits per heavy atom. The third-order valence-corrected chi connectivity index (χ3v) is 5.48. The Hall–Kier alpha value is -2.41. The van der Waals surface area contributed by atoms with Crippen molar-refractivity contribution in [3.63, 3.8) is 0 Å². The van der Waals surface area contributed by atoms with Gasteiger partial charge in [-0.05, 0) is 24.3 Å². The standard InChI is InChI=1S/C20H18ClN3O2S/c21-15-7-5-14(6-8-15)20-23-17(13-27-20)19(25)22-16-3-1-2-4-18(16)24-9-11-26-12-10-24/h1-8,13H,9-12H2,(H,22,25). The first-order valence-electron chi connectivity index (χ1n) is 8.65. The van der Waals surface area contributed by atoms with E-state index in [1.165, 1.54) is 11.3 Å². The zero-order chi connectivity index (χ0) is 18.6. The first kappa shape index (κ1) is 18.0. The highest BCUT2D eigenvalue weighted by molar-refractivity contribution is 7.13. The van der Waals surface area contributed by atoms with Crippen LogP contribution in [-0.4, -0.2) is 37.2 Å². The maximum Gasteiger partial charge on any atom is 0.275 e. The van der Waals surface area contributed by atoms with E-state index < -0.39 is 0 Å². The molecule has 5 nitrogen and oxygen atoms in total. The Morgan fingerprint density at radius 3 is 2.63 bits per heavy atom. The molecule has 1 aliphatic rings. The van der Waals surface area contributed by atoms with Gasteiger partial charge in [0.2, 0.25) is 0 Å². The highest BCUT2D eigenvalue weighted by atomic mass is 35.5. The fraction of sp³-hybridized carbons (Fsp3) is 0.200. The smallest absolute Gasteiger partial charge is 0.275 e. The second-order valence-corrected chi connectivity index (χ2v) is 7.41. The molecule has 1 aromatic heterocycles. The molecule has 3 aromatic rings. The number of morpholine rings is 1. The number of thiazole rings is 1. The molecular weight excluding hydrogens is 382 g/mol. The van der Waals surface area contributed by atoms with Crippen LogP contribution in [-0.2, 0) is 4.74 Å². The second-order valence-electron chi connectivity index (χ2n) is 6.12. The molecule has 27 heavy (non-hydrogen) atoms. The van der Waals surface area contributed by atoms with Gasteiger partial charge in [0.05, 0.1) is 24.6 Å². The summed E-state index contributed by atoms with van der Waals surface area (Å²) >= 11 is 7.37. The number of nitrogens with one attached hydrogen (secondary N) is 1. The average molecular weight is 400 g/mol. The highest BCUT2D eigenvalue weighted by Gasteiger charge is 2.18. The number of rotatable bonds is 4. The van der Waals surface area contributed by atoms with Crippen molar-refractivity contribution in [1.29, 1.82) is 0 Å². The lowest BCUT2D eigenvalue weighted by Crippen LogP contribution is -2.36. The molecule has 1 aliphatic heterocycles. The molecule has 2 heterocycles. The molecule has 138 valence electrons. The zero-order valence-corrected chi connectivity index (χ0v) is 16.1. The largest absolute Gasteiger partial charge is 0.378 e. The molecule has 1 N–H and O–H groups in total. The number of para-hydroxylation sites is 2. The van der Waals surface area contributed by atoms with E-state index in [1.807, 2.05) is 48.5 Å². The van der Waals surface area contributed by atoms with Crippen LogP contribution in [0.1, 0.15) is 10.5 Å². The van der Waals surface area contributed by atoms with E-state index in [0.717, 1.165) is 35.0 Å². The number of anilines is 2. The fourth-order valence-corrected chi connectivity index (χ4v) is 3.88. The van der Waals surface area contributed by atoms with Gasteiger partial charge in [-0.2, -0.15) is 0 Å². The van der Waals surface area contributed by atoms with Gasteiger partial charge in [-0.1, -0.05) is 35.9 Å². The third kappa shape index (κ3) is 4.13. The summed E-state index contributed by atoms with van der Waals surface area (Å²) in [5, 5.41) is 6.24. The molecule has 0 unspecified atom stereocenters. The van der Waals surface area contributed by atoms with E-state index in [9.17, 15) is 4.79 Å². The molecule has 0 saturated carbocycles. The molecule has 0 aliphatic carbocycles. The van der Waals surface area contributed by atoms with Crippen molar-refractivity contribution < 1.29 is 9.53 Å². The first-order valence-corrected chi connectivity index (χ1v) is 9.91. The quantitative estimate of drug-likeness (QED) is 0.699. The molecule has 0 bridgehead atoms. The summed E-state index contributed by atoms with van der Waals surface area (Å²) in [4.78, 5) is 19.4. The van der Waals surface area contributed by atoms with Gasteiger partial charge in [-0.3, -0.25) is 4.79 Å². The molecule has 1 amide bonds. The number of carbonyl (C=O) groups is 1. The highest BCUT2D eigenvalue weighted by Crippen LogP contribution is 2.28. The lowest BCUT2D eigenvalue weighted by atomic mass is 10.2. The van der Waals surface area contributed by atoms with Gasteiger partial charge in [0, 0.05) is 29.1 Å². The van der Waals surface area contributed by atoms with Gasteiger partial charge in [0.25, 0.3) is 5.91 Å². The molecule has 0 radical (unpaired) electrons. The van der Waals surface area contributed by atoms with Gasteiger partial charge in [0.1, 0.15) is 10.7 Å². The molecule has 0 spiro atoms. The minimum absolute atomic E-state index is 0.216. The maximum absolute atomic E-state index is 12.7. The Bertz CT molecular complexity index is 936. The average Bonchev–Trinajstić information content (AvgIpc) is 3.20. The fourth-order valence-electron chi connectivity index (χ4n) is 2.95. The minimum Gasteiger partial charge on any atom is -0.378 e. The SMILES string of the molecule is O=C(Nc1ccccc1N1CCOCC1)c1csc(-c2ccc(Cl)cc2)n1. The van der Waals surface area contributed by atoms with E-state index >= 15 is 0 Å². The van der Waals surface area contributed by atoms with Crippen molar-refractivity contribution in [2.24, 2.45) is 0 Å². The number of nitrogens with zero attached hydrogens (tertiary/aromatic N) is 2. The number of amides is 1. The summed E-state index contributed by atoms with van der Waals surface area (Å²) in [5.41, 5.74) is 3.13. The van der Waals surface area contributed by atoms with E-state index in [1.54, 1.807) is 5.38 Å². The van der Waals surface area contributed by atoms with Crippen LogP contribution in [0, 0.1) is 0 Å². The second kappa shape index (κ2) is 8.08.